The first kappa shape index (κ1) is 12.9. The van der Waals surface area contributed by atoms with Crippen molar-refractivity contribution in [1.82, 2.24) is 9.13 Å². The van der Waals surface area contributed by atoms with Crippen molar-refractivity contribution < 1.29 is 4.39 Å². The molecule has 1 aromatic heterocycles. The van der Waals surface area contributed by atoms with E-state index in [0.29, 0.717) is 10.6 Å². The third-order valence-electron chi connectivity index (χ3n) is 3.39. The summed E-state index contributed by atoms with van der Waals surface area (Å²) in [5.41, 5.74) is 2.09. The Labute approximate surface area is 119 Å². The Morgan fingerprint density at radius 1 is 1.15 bits per heavy atom. The van der Waals surface area contributed by atoms with Gasteiger partial charge in [0.25, 0.3) is 0 Å². The second kappa shape index (κ2) is 4.80. The van der Waals surface area contributed by atoms with Crippen LogP contribution in [-0.4, -0.2) is 9.13 Å². The van der Waals surface area contributed by atoms with Gasteiger partial charge in [-0.1, -0.05) is 23.7 Å². The predicted octanol–water partition coefficient (Wildman–Crippen LogP) is 3.18. The monoisotopic (exact) mass is 290 g/mol. The van der Waals surface area contributed by atoms with Crippen LogP contribution in [0.5, 0.6) is 0 Å². The summed E-state index contributed by atoms with van der Waals surface area (Å²) in [4.78, 5) is 12.3. The van der Waals surface area contributed by atoms with Crippen LogP contribution in [0.4, 0.5) is 4.39 Å². The van der Waals surface area contributed by atoms with Crippen molar-refractivity contribution in [2.45, 2.75) is 6.54 Å². The van der Waals surface area contributed by atoms with E-state index >= 15 is 0 Å². The smallest absolute Gasteiger partial charge is 0.295 e. The van der Waals surface area contributed by atoms with Gasteiger partial charge in [-0.15, -0.1) is 0 Å². The van der Waals surface area contributed by atoms with Gasteiger partial charge in [0.05, 0.1) is 17.6 Å². The molecule has 0 amide bonds. The Morgan fingerprint density at radius 2 is 1.85 bits per heavy atom. The molecule has 3 aromatic rings. The predicted molar refractivity (Wildman–Crippen MR) is 77.7 cm³/mol. The molecule has 0 saturated carbocycles. The highest BCUT2D eigenvalue weighted by atomic mass is 35.5. The van der Waals surface area contributed by atoms with Crippen molar-refractivity contribution >= 4 is 22.6 Å². The van der Waals surface area contributed by atoms with Crippen molar-refractivity contribution in [2.24, 2.45) is 7.05 Å². The molecule has 5 heteroatoms. The molecule has 0 bridgehead atoms. The summed E-state index contributed by atoms with van der Waals surface area (Å²) < 4.78 is 16.5. The number of para-hydroxylation sites is 2. The molecular formula is C15H12ClFN2O. The number of nitrogens with zero attached hydrogens (tertiary/aromatic N) is 2. The van der Waals surface area contributed by atoms with Gasteiger partial charge in [-0.2, -0.15) is 0 Å². The van der Waals surface area contributed by atoms with E-state index in [-0.39, 0.29) is 18.1 Å². The van der Waals surface area contributed by atoms with Crippen LogP contribution in [0.25, 0.3) is 11.0 Å². The number of rotatable bonds is 2. The molecule has 0 fully saturated rings. The van der Waals surface area contributed by atoms with Gasteiger partial charge in [0.1, 0.15) is 5.82 Å². The number of benzene rings is 2. The Morgan fingerprint density at radius 3 is 2.60 bits per heavy atom. The topological polar surface area (TPSA) is 26.9 Å². The van der Waals surface area contributed by atoms with E-state index < -0.39 is 0 Å². The van der Waals surface area contributed by atoms with Gasteiger partial charge in [0.15, 0.2) is 0 Å². The van der Waals surface area contributed by atoms with Gasteiger partial charge >= 0.3 is 5.69 Å². The number of fused-ring (bicyclic) bond motifs is 1. The zero-order valence-corrected chi connectivity index (χ0v) is 11.6. The van der Waals surface area contributed by atoms with Gasteiger partial charge in [-0.05, 0) is 35.9 Å². The number of halogens is 2. The lowest BCUT2D eigenvalue weighted by molar-refractivity contribution is 0.623. The molecule has 102 valence electrons. The molecule has 0 saturated heterocycles. The summed E-state index contributed by atoms with van der Waals surface area (Å²) in [7, 11) is 1.72. The molecule has 0 aliphatic heterocycles. The second-order valence-corrected chi connectivity index (χ2v) is 5.06. The molecule has 0 N–H and O–H groups in total. The molecule has 0 radical (unpaired) electrons. The molecule has 3 rings (SSSR count). The molecule has 0 aliphatic rings. The number of aryl methyl sites for hydroxylation is 1. The van der Waals surface area contributed by atoms with Crippen LogP contribution in [0.1, 0.15) is 5.56 Å². The SMILES string of the molecule is Cn1c(=O)n(Cc2cc(F)ccc2Cl)c2ccccc21. The van der Waals surface area contributed by atoms with Crippen molar-refractivity contribution in [2.75, 3.05) is 0 Å². The summed E-state index contributed by atoms with van der Waals surface area (Å²) in [6.07, 6.45) is 0. The van der Waals surface area contributed by atoms with Crippen LogP contribution in [0.3, 0.4) is 0 Å². The third-order valence-corrected chi connectivity index (χ3v) is 3.76. The highest BCUT2D eigenvalue weighted by Crippen LogP contribution is 2.20. The standard InChI is InChI=1S/C15H12ClFN2O/c1-18-13-4-2-3-5-14(13)19(15(18)20)9-10-8-11(17)6-7-12(10)16/h2-8H,9H2,1H3. The van der Waals surface area contributed by atoms with Gasteiger partial charge in [0, 0.05) is 12.1 Å². The van der Waals surface area contributed by atoms with Crippen LogP contribution in [0.15, 0.2) is 47.3 Å². The number of hydrogen-bond donors (Lipinski definition) is 0. The van der Waals surface area contributed by atoms with Crippen molar-refractivity contribution in [3.8, 4) is 0 Å². The summed E-state index contributed by atoms with van der Waals surface area (Å²) >= 11 is 6.07. The van der Waals surface area contributed by atoms with E-state index in [2.05, 4.69) is 0 Å². The van der Waals surface area contributed by atoms with Crippen LogP contribution in [-0.2, 0) is 13.6 Å². The second-order valence-electron chi connectivity index (χ2n) is 4.65. The van der Waals surface area contributed by atoms with Crippen molar-refractivity contribution in [1.29, 1.82) is 0 Å². The highest BCUT2D eigenvalue weighted by molar-refractivity contribution is 6.31. The zero-order valence-electron chi connectivity index (χ0n) is 10.8. The van der Waals surface area contributed by atoms with Crippen LogP contribution >= 0.6 is 11.6 Å². The minimum absolute atomic E-state index is 0.147. The maximum Gasteiger partial charge on any atom is 0.329 e. The fourth-order valence-electron chi connectivity index (χ4n) is 2.35. The van der Waals surface area contributed by atoms with E-state index in [4.69, 9.17) is 11.6 Å². The third kappa shape index (κ3) is 2.02. The Balaban J connectivity index is 2.18. The Hall–Kier alpha value is -2.07. The average Bonchev–Trinajstić information content (AvgIpc) is 2.68. The summed E-state index contributed by atoms with van der Waals surface area (Å²) in [6.45, 7) is 0.247. The Kier molecular flexibility index (Phi) is 3.10. The lowest BCUT2D eigenvalue weighted by Gasteiger charge is -2.06. The first-order valence-electron chi connectivity index (χ1n) is 6.16. The van der Waals surface area contributed by atoms with Crippen molar-refractivity contribution in [3.05, 3.63) is 69.4 Å². The molecule has 0 atom stereocenters. The van der Waals surface area contributed by atoms with Crippen LogP contribution in [0, 0.1) is 5.82 Å². The first-order chi connectivity index (χ1) is 9.58. The number of aromatic nitrogens is 2. The summed E-state index contributed by atoms with van der Waals surface area (Å²) in [5, 5.41) is 0.450. The number of imidazole rings is 1. The average molecular weight is 291 g/mol. The fraction of sp³-hybridized carbons (Fsp3) is 0.133. The minimum Gasteiger partial charge on any atom is -0.295 e. The van der Waals surface area contributed by atoms with E-state index in [1.54, 1.807) is 16.2 Å². The van der Waals surface area contributed by atoms with Gasteiger partial charge in [0.2, 0.25) is 0 Å². The maximum atomic E-state index is 13.3. The van der Waals surface area contributed by atoms with Gasteiger partial charge < -0.3 is 0 Å². The van der Waals surface area contributed by atoms with Gasteiger partial charge in [-0.3, -0.25) is 9.13 Å². The van der Waals surface area contributed by atoms with Crippen LogP contribution in [0.2, 0.25) is 5.02 Å². The normalized spacial score (nSPS) is 11.2. The minimum atomic E-state index is -0.363. The zero-order chi connectivity index (χ0) is 14.3. The lowest BCUT2D eigenvalue weighted by Crippen LogP contribution is -2.22. The van der Waals surface area contributed by atoms with E-state index in [1.807, 2.05) is 24.3 Å². The highest BCUT2D eigenvalue weighted by Gasteiger charge is 2.12. The quantitative estimate of drug-likeness (QED) is 0.712. The van der Waals surface area contributed by atoms with E-state index in [1.165, 1.54) is 18.2 Å². The molecular weight excluding hydrogens is 279 g/mol. The molecule has 1 heterocycles. The van der Waals surface area contributed by atoms with Crippen molar-refractivity contribution in [3.63, 3.8) is 0 Å². The molecule has 3 nitrogen and oxygen atoms in total. The number of hydrogen-bond acceptors (Lipinski definition) is 1. The molecule has 2 aromatic carbocycles. The van der Waals surface area contributed by atoms with Gasteiger partial charge in [-0.25, -0.2) is 9.18 Å². The molecule has 0 unspecified atom stereocenters. The summed E-state index contributed by atoms with van der Waals surface area (Å²) in [5.74, 6) is -0.363. The van der Waals surface area contributed by atoms with E-state index in [9.17, 15) is 9.18 Å². The summed E-state index contributed by atoms with van der Waals surface area (Å²) in [6, 6.07) is 11.6. The first-order valence-corrected chi connectivity index (χ1v) is 6.54. The maximum absolute atomic E-state index is 13.3. The Bertz CT molecular complexity index is 851. The molecule has 20 heavy (non-hydrogen) atoms. The van der Waals surface area contributed by atoms with Crippen LogP contribution < -0.4 is 5.69 Å². The molecule has 0 spiro atoms. The lowest BCUT2D eigenvalue weighted by atomic mass is 10.2. The van der Waals surface area contributed by atoms with E-state index in [0.717, 1.165) is 11.0 Å². The fourth-order valence-corrected chi connectivity index (χ4v) is 2.53. The molecule has 0 aliphatic carbocycles. The largest absolute Gasteiger partial charge is 0.329 e.